The third-order valence-corrected chi connectivity index (χ3v) is 3.08. The van der Waals surface area contributed by atoms with Crippen LogP contribution in [0.1, 0.15) is 38.5 Å². The number of nitrogens with one attached hydrogen (secondary N) is 1. The molecule has 1 heterocycles. The molecule has 70 valence electrons. The van der Waals surface area contributed by atoms with Gasteiger partial charge in [0.25, 0.3) is 0 Å². The number of rotatable bonds is 3. The normalized spacial score (nSPS) is 32.2. The Morgan fingerprint density at radius 1 is 1.25 bits per heavy atom. The number of hydrazine groups is 1. The summed E-state index contributed by atoms with van der Waals surface area (Å²) in [4.78, 5) is 0. The second kappa shape index (κ2) is 3.32. The maximum atomic E-state index is 5.47. The van der Waals surface area contributed by atoms with Crippen LogP contribution in [0.2, 0.25) is 0 Å². The van der Waals surface area contributed by atoms with E-state index in [0.717, 1.165) is 19.5 Å². The standard InChI is InChI=1S/C9H19N3/c10-7-4-8-12-9(11-12)5-2-1-3-6-9/h11H,1-8,10H2. The first-order chi connectivity index (χ1) is 5.87. The molecular formula is C9H19N3. The molecule has 1 saturated heterocycles. The lowest BCUT2D eigenvalue weighted by atomic mass is 9.92. The van der Waals surface area contributed by atoms with Crippen molar-refractivity contribution in [2.75, 3.05) is 13.1 Å². The predicted octanol–water partition coefficient (Wildman–Crippen LogP) is 0.816. The highest BCUT2D eigenvalue weighted by molar-refractivity contribution is 4.99. The zero-order valence-electron chi connectivity index (χ0n) is 7.68. The molecule has 2 rings (SSSR count). The quantitative estimate of drug-likeness (QED) is 0.615. The van der Waals surface area contributed by atoms with E-state index >= 15 is 0 Å². The van der Waals surface area contributed by atoms with Gasteiger partial charge in [0.1, 0.15) is 0 Å². The molecule has 0 aromatic carbocycles. The molecule has 1 atom stereocenters. The van der Waals surface area contributed by atoms with E-state index in [1.165, 1.54) is 32.1 Å². The van der Waals surface area contributed by atoms with Crippen molar-refractivity contribution >= 4 is 0 Å². The summed E-state index contributed by atoms with van der Waals surface area (Å²) >= 11 is 0. The van der Waals surface area contributed by atoms with Crippen LogP contribution in [-0.4, -0.2) is 23.8 Å². The molecule has 1 aliphatic heterocycles. The van der Waals surface area contributed by atoms with Crippen LogP contribution >= 0.6 is 0 Å². The molecule has 1 aliphatic carbocycles. The predicted molar refractivity (Wildman–Crippen MR) is 49.3 cm³/mol. The Bertz CT molecular complexity index is 150. The maximum absolute atomic E-state index is 5.47. The van der Waals surface area contributed by atoms with Gasteiger partial charge >= 0.3 is 0 Å². The second-order valence-corrected chi connectivity index (χ2v) is 4.00. The second-order valence-electron chi connectivity index (χ2n) is 4.00. The first kappa shape index (κ1) is 8.48. The van der Waals surface area contributed by atoms with Gasteiger partial charge in [0.05, 0.1) is 5.66 Å². The van der Waals surface area contributed by atoms with Gasteiger partial charge < -0.3 is 5.73 Å². The van der Waals surface area contributed by atoms with Crippen LogP contribution in [0.15, 0.2) is 0 Å². The Hall–Kier alpha value is -0.120. The van der Waals surface area contributed by atoms with Gasteiger partial charge in [0.2, 0.25) is 0 Å². The zero-order valence-corrected chi connectivity index (χ0v) is 7.68. The summed E-state index contributed by atoms with van der Waals surface area (Å²) in [5.41, 5.74) is 9.39. The van der Waals surface area contributed by atoms with Gasteiger partial charge in [-0.05, 0) is 25.8 Å². The maximum Gasteiger partial charge on any atom is 0.0974 e. The van der Waals surface area contributed by atoms with Gasteiger partial charge in [-0.25, -0.2) is 10.4 Å². The van der Waals surface area contributed by atoms with Crippen LogP contribution in [-0.2, 0) is 0 Å². The van der Waals surface area contributed by atoms with Gasteiger partial charge in [-0.2, -0.15) is 0 Å². The fourth-order valence-electron chi connectivity index (χ4n) is 2.26. The summed E-state index contributed by atoms with van der Waals surface area (Å²) < 4.78 is 0. The smallest absolute Gasteiger partial charge is 0.0974 e. The van der Waals surface area contributed by atoms with Gasteiger partial charge in [-0.1, -0.05) is 19.3 Å². The first-order valence-electron chi connectivity index (χ1n) is 5.13. The van der Waals surface area contributed by atoms with E-state index in [2.05, 4.69) is 10.4 Å². The highest BCUT2D eigenvalue weighted by Gasteiger charge is 2.50. The summed E-state index contributed by atoms with van der Waals surface area (Å²) in [6.45, 7) is 1.95. The van der Waals surface area contributed by atoms with Crippen LogP contribution in [0, 0.1) is 0 Å². The molecule has 0 radical (unpaired) electrons. The van der Waals surface area contributed by atoms with Crippen molar-refractivity contribution in [1.29, 1.82) is 0 Å². The highest BCUT2D eigenvalue weighted by Crippen LogP contribution is 2.39. The Labute approximate surface area is 74.3 Å². The van der Waals surface area contributed by atoms with Crippen LogP contribution in [0.25, 0.3) is 0 Å². The van der Waals surface area contributed by atoms with Crippen molar-refractivity contribution in [2.24, 2.45) is 5.73 Å². The summed E-state index contributed by atoms with van der Waals surface area (Å²) in [6.07, 6.45) is 8.02. The third-order valence-electron chi connectivity index (χ3n) is 3.08. The molecule has 3 heteroatoms. The molecule has 1 spiro atoms. The van der Waals surface area contributed by atoms with E-state index < -0.39 is 0 Å². The first-order valence-corrected chi connectivity index (χ1v) is 5.13. The lowest BCUT2D eigenvalue weighted by Gasteiger charge is -2.19. The monoisotopic (exact) mass is 169 g/mol. The van der Waals surface area contributed by atoms with E-state index in [1.54, 1.807) is 0 Å². The average Bonchev–Trinajstić information content (AvgIpc) is 2.77. The molecule has 0 bridgehead atoms. The van der Waals surface area contributed by atoms with Crippen LogP contribution in [0.4, 0.5) is 0 Å². The zero-order chi connectivity index (χ0) is 8.44. The van der Waals surface area contributed by atoms with E-state index in [9.17, 15) is 0 Å². The van der Waals surface area contributed by atoms with Crippen LogP contribution in [0.5, 0.6) is 0 Å². The number of hydrogen-bond donors (Lipinski definition) is 2. The molecule has 1 saturated carbocycles. The Morgan fingerprint density at radius 2 is 2.00 bits per heavy atom. The Morgan fingerprint density at radius 3 is 2.67 bits per heavy atom. The van der Waals surface area contributed by atoms with Crippen LogP contribution < -0.4 is 11.2 Å². The van der Waals surface area contributed by atoms with Crippen LogP contribution in [0.3, 0.4) is 0 Å². The van der Waals surface area contributed by atoms with Crippen molar-refractivity contribution in [3.63, 3.8) is 0 Å². The van der Waals surface area contributed by atoms with Gasteiger partial charge in [-0.3, -0.25) is 0 Å². The molecule has 3 nitrogen and oxygen atoms in total. The lowest BCUT2D eigenvalue weighted by Crippen LogP contribution is -2.23. The lowest BCUT2D eigenvalue weighted by molar-refractivity contribution is 0.309. The Kier molecular flexibility index (Phi) is 2.35. The summed E-state index contributed by atoms with van der Waals surface area (Å²) in [5.74, 6) is 0. The molecule has 3 N–H and O–H groups in total. The van der Waals surface area contributed by atoms with E-state index in [1.807, 2.05) is 0 Å². The van der Waals surface area contributed by atoms with Gasteiger partial charge in [0.15, 0.2) is 0 Å². The van der Waals surface area contributed by atoms with Gasteiger partial charge in [-0.15, -0.1) is 0 Å². The minimum atomic E-state index is 0.424. The van der Waals surface area contributed by atoms with E-state index in [-0.39, 0.29) is 0 Å². The largest absolute Gasteiger partial charge is 0.330 e. The molecule has 0 amide bonds. The SMILES string of the molecule is NCCCN1NC12CCCCC2. The number of nitrogens with zero attached hydrogens (tertiary/aromatic N) is 1. The molecule has 0 aromatic rings. The van der Waals surface area contributed by atoms with Crippen molar-refractivity contribution in [1.82, 2.24) is 10.4 Å². The van der Waals surface area contributed by atoms with Crippen molar-refractivity contribution in [3.05, 3.63) is 0 Å². The molecule has 1 unspecified atom stereocenters. The molecule has 12 heavy (non-hydrogen) atoms. The van der Waals surface area contributed by atoms with Gasteiger partial charge in [0, 0.05) is 6.54 Å². The third kappa shape index (κ3) is 1.49. The fourth-order valence-corrected chi connectivity index (χ4v) is 2.26. The molecule has 0 aromatic heterocycles. The Balaban J connectivity index is 1.75. The summed E-state index contributed by atoms with van der Waals surface area (Å²) in [5, 5.41) is 2.39. The average molecular weight is 169 g/mol. The number of nitrogens with two attached hydrogens (primary N) is 1. The van der Waals surface area contributed by atoms with Crippen molar-refractivity contribution < 1.29 is 0 Å². The van der Waals surface area contributed by atoms with E-state index in [0.29, 0.717) is 5.66 Å². The molecule has 2 aliphatic rings. The highest BCUT2D eigenvalue weighted by atomic mass is 15.8. The van der Waals surface area contributed by atoms with Crippen molar-refractivity contribution in [2.45, 2.75) is 44.2 Å². The summed E-state index contributed by atoms with van der Waals surface area (Å²) in [7, 11) is 0. The topological polar surface area (TPSA) is 51.0 Å². The number of hydrogen-bond acceptors (Lipinski definition) is 3. The minimum absolute atomic E-state index is 0.424. The summed E-state index contributed by atoms with van der Waals surface area (Å²) in [6, 6.07) is 0. The van der Waals surface area contributed by atoms with Crippen molar-refractivity contribution in [3.8, 4) is 0 Å². The fraction of sp³-hybridized carbons (Fsp3) is 1.00. The minimum Gasteiger partial charge on any atom is -0.330 e. The van der Waals surface area contributed by atoms with E-state index in [4.69, 9.17) is 5.73 Å². The molecular weight excluding hydrogens is 150 g/mol. The molecule has 2 fully saturated rings.